The highest BCUT2D eigenvalue weighted by molar-refractivity contribution is 5.78. The lowest BCUT2D eigenvalue weighted by Gasteiger charge is -2.18. The third kappa shape index (κ3) is 9.18. The first-order valence-electron chi connectivity index (χ1n) is 15.0. The van der Waals surface area contributed by atoms with Crippen LogP contribution in [-0.2, 0) is 22.6 Å². The molecule has 0 aliphatic carbocycles. The topological polar surface area (TPSA) is 68.2 Å². The number of amides is 1. The van der Waals surface area contributed by atoms with Crippen LogP contribution in [0.2, 0.25) is 0 Å². The van der Waals surface area contributed by atoms with Gasteiger partial charge in [0.1, 0.15) is 6.61 Å². The van der Waals surface area contributed by atoms with E-state index >= 15 is 0 Å². The molecule has 6 heteroatoms. The van der Waals surface area contributed by atoms with E-state index in [1.807, 2.05) is 47.4 Å². The van der Waals surface area contributed by atoms with Gasteiger partial charge in [-0.2, -0.15) is 0 Å². The maximum absolute atomic E-state index is 12.9. The van der Waals surface area contributed by atoms with Crippen LogP contribution in [-0.4, -0.2) is 55.9 Å². The Labute approximate surface area is 255 Å². The zero-order valence-corrected chi connectivity index (χ0v) is 25.4. The molecular weight excluding hydrogens is 538 g/mol. The number of aliphatic hydroxyl groups excluding tert-OH is 1. The van der Waals surface area contributed by atoms with Gasteiger partial charge in [-0.1, -0.05) is 97.9 Å². The molecule has 5 rings (SSSR count). The zero-order valence-electron chi connectivity index (χ0n) is 25.4. The smallest absolute Gasteiger partial charge is 0.248 e. The molecule has 1 saturated heterocycles. The molecule has 4 aromatic carbocycles. The first kappa shape index (κ1) is 31.8. The minimum atomic E-state index is 0.0357. The minimum absolute atomic E-state index is 0.0357. The van der Waals surface area contributed by atoms with Crippen LogP contribution in [0.5, 0.6) is 11.5 Å². The summed E-state index contributed by atoms with van der Waals surface area (Å²) in [5.41, 5.74) is 5.88. The van der Waals surface area contributed by atoms with Gasteiger partial charge < -0.3 is 24.2 Å². The van der Waals surface area contributed by atoms with E-state index in [1.54, 1.807) is 14.0 Å². The minimum Gasteiger partial charge on any atom is -0.493 e. The number of ether oxygens (including phenoxy) is 3. The summed E-state index contributed by atoms with van der Waals surface area (Å²) in [5, 5.41) is 7.57. The van der Waals surface area contributed by atoms with Gasteiger partial charge in [0.2, 0.25) is 5.91 Å². The highest BCUT2D eigenvalue weighted by Gasteiger charge is 2.33. The second-order valence-corrected chi connectivity index (χ2v) is 10.7. The van der Waals surface area contributed by atoms with Crippen molar-refractivity contribution in [2.24, 2.45) is 5.92 Å². The lowest BCUT2D eigenvalue weighted by molar-refractivity contribution is -0.135. The number of benzene rings is 4. The van der Waals surface area contributed by atoms with E-state index in [1.165, 1.54) is 16.7 Å². The molecule has 4 aromatic rings. The first-order chi connectivity index (χ1) is 21.0. The largest absolute Gasteiger partial charge is 0.493 e. The molecule has 6 nitrogen and oxygen atoms in total. The second-order valence-electron chi connectivity index (χ2n) is 10.7. The van der Waals surface area contributed by atoms with Crippen molar-refractivity contribution in [1.29, 1.82) is 0 Å². The molecule has 0 saturated carbocycles. The van der Waals surface area contributed by atoms with Gasteiger partial charge in [-0.15, -0.1) is 0 Å². The van der Waals surface area contributed by atoms with Crippen molar-refractivity contribution in [3.05, 3.63) is 120 Å². The second kappa shape index (κ2) is 16.5. The molecule has 1 amide bonds. The number of aliphatic hydroxyl groups is 1. The molecule has 0 aromatic heterocycles. The van der Waals surface area contributed by atoms with Gasteiger partial charge in [0.05, 0.1) is 20.3 Å². The van der Waals surface area contributed by atoms with Crippen LogP contribution in [0.4, 0.5) is 0 Å². The van der Waals surface area contributed by atoms with E-state index in [0.29, 0.717) is 25.7 Å². The highest BCUT2D eigenvalue weighted by Crippen LogP contribution is 2.37. The van der Waals surface area contributed by atoms with Crippen LogP contribution in [0.3, 0.4) is 0 Å². The van der Waals surface area contributed by atoms with Crippen LogP contribution in [0, 0.1) is 5.92 Å². The third-order valence-corrected chi connectivity index (χ3v) is 7.63. The van der Waals surface area contributed by atoms with Crippen molar-refractivity contribution in [2.75, 3.05) is 40.0 Å². The van der Waals surface area contributed by atoms with E-state index in [-0.39, 0.29) is 25.0 Å². The fourth-order valence-corrected chi connectivity index (χ4v) is 5.34. The number of carbonyl (C=O) groups is 1. The summed E-state index contributed by atoms with van der Waals surface area (Å²) >= 11 is 0. The van der Waals surface area contributed by atoms with Crippen LogP contribution in [0.1, 0.15) is 36.5 Å². The van der Waals surface area contributed by atoms with Crippen molar-refractivity contribution in [1.82, 2.24) is 4.90 Å². The molecule has 1 N–H and O–H groups in total. The maximum atomic E-state index is 12.9. The molecule has 0 radical (unpaired) electrons. The molecule has 0 spiro atoms. The Balaban J connectivity index is 0.00000135. The Hall–Kier alpha value is -4.13. The summed E-state index contributed by atoms with van der Waals surface area (Å²) < 4.78 is 17.5. The zero-order chi connectivity index (χ0) is 30.4. The molecule has 2 unspecified atom stereocenters. The Morgan fingerprint density at radius 2 is 1.49 bits per heavy atom. The fourth-order valence-electron chi connectivity index (χ4n) is 5.34. The highest BCUT2D eigenvalue weighted by atomic mass is 16.5. The van der Waals surface area contributed by atoms with Crippen molar-refractivity contribution in [2.45, 2.75) is 32.8 Å². The summed E-state index contributed by atoms with van der Waals surface area (Å²) in [7, 11) is 1.66. The predicted octanol–water partition coefficient (Wildman–Crippen LogP) is 6.76. The van der Waals surface area contributed by atoms with Gasteiger partial charge in [0.25, 0.3) is 0 Å². The van der Waals surface area contributed by atoms with Crippen molar-refractivity contribution in [3.8, 4) is 22.6 Å². The number of methoxy groups -OCH3 is 1. The first-order valence-corrected chi connectivity index (χ1v) is 15.0. The van der Waals surface area contributed by atoms with Crippen molar-refractivity contribution < 1.29 is 24.1 Å². The number of hydrogen-bond donors (Lipinski definition) is 1. The van der Waals surface area contributed by atoms with E-state index in [0.717, 1.165) is 35.6 Å². The van der Waals surface area contributed by atoms with Gasteiger partial charge in [0.15, 0.2) is 11.5 Å². The summed E-state index contributed by atoms with van der Waals surface area (Å²) in [6.07, 6.45) is 0.799. The molecule has 1 aliphatic rings. The fraction of sp³-hybridized carbons (Fsp3) is 0.324. The van der Waals surface area contributed by atoms with Crippen molar-refractivity contribution in [3.63, 3.8) is 0 Å². The standard InChI is InChI=1S/C35H37NO4.C2H6O/c1-26-22-36(35(37)25-39-24-28-9-5-3-6-10-28)23-32(26)31-17-18-33(38-2)34(21-31)40-20-19-27-13-15-30(16-14-27)29-11-7-4-8-12-29;1-2-3/h3-18,21,26,32H,19-20,22-25H2,1-2H3;3H,2H2,1H3. The Morgan fingerprint density at radius 3 is 2.16 bits per heavy atom. The number of likely N-dealkylation sites (tertiary alicyclic amines) is 1. The monoisotopic (exact) mass is 581 g/mol. The van der Waals surface area contributed by atoms with Gasteiger partial charge in [0, 0.05) is 32.0 Å². The normalized spacial score (nSPS) is 15.9. The third-order valence-electron chi connectivity index (χ3n) is 7.63. The number of nitrogens with zero attached hydrogens (tertiary/aromatic N) is 1. The Bertz CT molecular complexity index is 1390. The lowest BCUT2D eigenvalue weighted by Crippen LogP contribution is -2.32. The average molecular weight is 582 g/mol. The van der Waals surface area contributed by atoms with Gasteiger partial charge in [-0.3, -0.25) is 4.79 Å². The predicted molar refractivity (Wildman–Crippen MR) is 171 cm³/mol. The molecule has 0 bridgehead atoms. The van der Waals surface area contributed by atoms with Gasteiger partial charge in [-0.05, 0) is 52.8 Å². The van der Waals surface area contributed by atoms with Crippen molar-refractivity contribution >= 4 is 5.91 Å². The quantitative estimate of drug-likeness (QED) is 0.212. The van der Waals surface area contributed by atoms with E-state index in [2.05, 4.69) is 67.6 Å². The number of hydrogen-bond acceptors (Lipinski definition) is 5. The van der Waals surface area contributed by atoms with E-state index in [4.69, 9.17) is 19.3 Å². The maximum Gasteiger partial charge on any atom is 0.248 e. The van der Waals surface area contributed by atoms with Gasteiger partial charge >= 0.3 is 0 Å². The molecule has 43 heavy (non-hydrogen) atoms. The average Bonchev–Trinajstić information content (AvgIpc) is 3.44. The molecule has 1 fully saturated rings. The molecule has 2 atom stereocenters. The summed E-state index contributed by atoms with van der Waals surface area (Å²) in [6.45, 7) is 6.61. The summed E-state index contributed by atoms with van der Waals surface area (Å²) in [4.78, 5) is 14.8. The van der Waals surface area contributed by atoms with E-state index < -0.39 is 0 Å². The van der Waals surface area contributed by atoms with Crippen LogP contribution in [0.25, 0.3) is 11.1 Å². The Morgan fingerprint density at radius 1 is 0.837 bits per heavy atom. The molecule has 226 valence electrons. The molecule has 1 aliphatic heterocycles. The number of rotatable bonds is 11. The van der Waals surface area contributed by atoms with Crippen LogP contribution >= 0.6 is 0 Å². The van der Waals surface area contributed by atoms with Crippen LogP contribution < -0.4 is 9.47 Å². The lowest BCUT2D eigenvalue weighted by atomic mass is 9.90. The van der Waals surface area contributed by atoms with Crippen LogP contribution in [0.15, 0.2) is 103 Å². The molecular formula is C37H43NO5. The number of carbonyl (C=O) groups excluding carboxylic acids is 1. The Kier molecular flexibility index (Phi) is 12.2. The summed E-state index contributed by atoms with van der Waals surface area (Å²) in [6, 6.07) is 35.1. The van der Waals surface area contributed by atoms with Gasteiger partial charge in [-0.25, -0.2) is 0 Å². The summed E-state index contributed by atoms with van der Waals surface area (Å²) in [5.74, 6) is 2.06. The SMILES string of the molecule is CCO.COc1ccc(C2CN(C(=O)COCc3ccccc3)CC2C)cc1OCCc1ccc(-c2ccccc2)cc1. The van der Waals surface area contributed by atoms with E-state index in [9.17, 15) is 4.79 Å². The molecule has 1 heterocycles.